The van der Waals surface area contributed by atoms with Gasteiger partial charge in [0.1, 0.15) is 5.60 Å². The van der Waals surface area contributed by atoms with Crippen molar-refractivity contribution >= 4 is 36.0 Å². The highest BCUT2D eigenvalue weighted by Crippen LogP contribution is 2.15. The van der Waals surface area contributed by atoms with E-state index in [9.17, 15) is 4.79 Å². The molecule has 2 heterocycles. The van der Waals surface area contributed by atoms with Crippen molar-refractivity contribution in [3.63, 3.8) is 0 Å². The minimum atomic E-state index is -0.462. The fourth-order valence-electron chi connectivity index (χ4n) is 2.90. The topological polar surface area (TPSA) is 80.4 Å². The van der Waals surface area contributed by atoms with Gasteiger partial charge in [-0.3, -0.25) is 4.99 Å². The van der Waals surface area contributed by atoms with Gasteiger partial charge < -0.3 is 25.0 Å². The number of amides is 1. The zero-order valence-corrected chi connectivity index (χ0v) is 18.0. The highest BCUT2D eigenvalue weighted by Gasteiger charge is 2.26. The Labute approximate surface area is 168 Å². The lowest BCUT2D eigenvalue weighted by atomic mass is 10.1. The maximum atomic E-state index is 12.0. The van der Waals surface area contributed by atoms with Gasteiger partial charge in [0.2, 0.25) is 0 Å². The zero-order chi connectivity index (χ0) is 17.6. The molecule has 1 atom stereocenters. The average Bonchev–Trinajstić information content (AvgIpc) is 2.54. The summed E-state index contributed by atoms with van der Waals surface area (Å²) in [5.74, 6) is 0.564. The van der Waals surface area contributed by atoms with Crippen LogP contribution in [0.2, 0.25) is 0 Å². The Morgan fingerprint density at radius 2 is 1.84 bits per heavy atom. The lowest BCUT2D eigenvalue weighted by Crippen LogP contribution is -2.53. The van der Waals surface area contributed by atoms with E-state index in [4.69, 9.17) is 15.2 Å². The predicted octanol–water partition coefficient (Wildman–Crippen LogP) is 2.43. The Bertz CT molecular complexity index is 440. The molecule has 146 valence electrons. The van der Waals surface area contributed by atoms with Gasteiger partial charge in [0.25, 0.3) is 0 Å². The molecule has 0 saturated carbocycles. The second kappa shape index (κ2) is 10.4. The Hall–Kier alpha value is -0.770. The molecule has 0 aliphatic carbocycles. The normalized spacial score (nSPS) is 22.4. The van der Waals surface area contributed by atoms with Gasteiger partial charge >= 0.3 is 6.09 Å². The van der Waals surface area contributed by atoms with Gasteiger partial charge in [0, 0.05) is 39.3 Å². The molecule has 0 spiro atoms. The maximum absolute atomic E-state index is 12.0. The van der Waals surface area contributed by atoms with E-state index in [0.717, 1.165) is 19.4 Å². The maximum Gasteiger partial charge on any atom is 0.410 e. The number of piperazine rings is 1. The molecule has 0 radical (unpaired) electrons. The third kappa shape index (κ3) is 7.98. The minimum absolute atomic E-state index is 0. The van der Waals surface area contributed by atoms with Gasteiger partial charge in [0.05, 0.1) is 6.10 Å². The Morgan fingerprint density at radius 1 is 1.20 bits per heavy atom. The molecule has 0 aromatic rings. The molecule has 2 fully saturated rings. The fraction of sp³-hybridized carbons (Fsp3) is 0.882. The number of hydrogen-bond donors (Lipinski definition) is 1. The summed E-state index contributed by atoms with van der Waals surface area (Å²) in [5.41, 5.74) is 5.63. The third-order valence-electron chi connectivity index (χ3n) is 4.25. The standard InChI is InChI=1S/C17H32N4O3.HI/c1-17(2,3)24-16(22)21-11-9-20(10-12-21)15(18)19-8-7-14-6-4-5-13-23-14;/h14H,4-13H2,1-3H3,(H2,18,19);1H. The Morgan fingerprint density at radius 3 is 2.40 bits per heavy atom. The second-order valence-corrected chi connectivity index (χ2v) is 7.47. The van der Waals surface area contributed by atoms with E-state index < -0.39 is 5.60 Å². The average molecular weight is 468 g/mol. The number of carbonyl (C=O) groups is 1. The largest absolute Gasteiger partial charge is 0.444 e. The van der Waals surface area contributed by atoms with E-state index in [1.165, 1.54) is 12.8 Å². The predicted molar refractivity (Wildman–Crippen MR) is 109 cm³/mol. The van der Waals surface area contributed by atoms with Crippen LogP contribution in [0.15, 0.2) is 4.99 Å². The van der Waals surface area contributed by atoms with Gasteiger partial charge in [-0.15, -0.1) is 24.0 Å². The van der Waals surface area contributed by atoms with Crippen LogP contribution in [-0.2, 0) is 9.47 Å². The first-order chi connectivity index (χ1) is 11.3. The quantitative estimate of drug-likeness (QED) is 0.391. The molecule has 2 rings (SSSR count). The van der Waals surface area contributed by atoms with Crippen LogP contribution in [0.5, 0.6) is 0 Å². The van der Waals surface area contributed by atoms with Crippen LogP contribution in [0.4, 0.5) is 4.79 Å². The van der Waals surface area contributed by atoms with Crippen LogP contribution in [0.25, 0.3) is 0 Å². The summed E-state index contributed by atoms with van der Waals surface area (Å²) in [6, 6.07) is 0. The van der Waals surface area contributed by atoms with Crippen molar-refractivity contribution in [3.8, 4) is 0 Å². The first kappa shape index (κ1) is 22.3. The molecule has 8 heteroatoms. The molecule has 2 aliphatic heterocycles. The van der Waals surface area contributed by atoms with Crippen LogP contribution in [0.1, 0.15) is 46.5 Å². The lowest BCUT2D eigenvalue weighted by molar-refractivity contribution is 0.0127. The van der Waals surface area contributed by atoms with Crippen molar-refractivity contribution in [2.75, 3.05) is 39.3 Å². The number of ether oxygens (including phenoxy) is 2. The van der Waals surface area contributed by atoms with E-state index in [1.807, 2.05) is 25.7 Å². The van der Waals surface area contributed by atoms with Crippen LogP contribution in [-0.4, -0.2) is 72.9 Å². The van der Waals surface area contributed by atoms with Gasteiger partial charge in [-0.1, -0.05) is 0 Å². The molecule has 0 bridgehead atoms. The fourth-order valence-corrected chi connectivity index (χ4v) is 2.90. The number of carbonyl (C=O) groups excluding carboxylic acids is 1. The number of rotatable bonds is 3. The van der Waals surface area contributed by atoms with Crippen LogP contribution in [0, 0.1) is 0 Å². The number of halogens is 1. The van der Waals surface area contributed by atoms with Crippen molar-refractivity contribution in [2.45, 2.75) is 58.2 Å². The number of nitrogens with two attached hydrogens (primary N) is 1. The summed E-state index contributed by atoms with van der Waals surface area (Å²) in [5, 5.41) is 0. The summed E-state index contributed by atoms with van der Waals surface area (Å²) < 4.78 is 11.1. The summed E-state index contributed by atoms with van der Waals surface area (Å²) >= 11 is 0. The molecule has 2 saturated heterocycles. The number of nitrogens with zero attached hydrogens (tertiary/aromatic N) is 3. The van der Waals surface area contributed by atoms with Crippen molar-refractivity contribution in [1.29, 1.82) is 0 Å². The summed E-state index contributed by atoms with van der Waals surface area (Å²) in [4.78, 5) is 20.3. The lowest BCUT2D eigenvalue weighted by Gasteiger charge is -2.36. The van der Waals surface area contributed by atoms with Gasteiger partial charge in [0.15, 0.2) is 5.96 Å². The van der Waals surface area contributed by atoms with Crippen LogP contribution in [0.3, 0.4) is 0 Å². The van der Waals surface area contributed by atoms with Crippen LogP contribution >= 0.6 is 24.0 Å². The van der Waals surface area contributed by atoms with E-state index in [-0.39, 0.29) is 30.1 Å². The third-order valence-corrected chi connectivity index (χ3v) is 4.25. The van der Waals surface area contributed by atoms with Crippen LogP contribution < -0.4 is 5.73 Å². The molecule has 0 aromatic carbocycles. The Kier molecular flexibility index (Phi) is 9.26. The minimum Gasteiger partial charge on any atom is -0.444 e. The van der Waals surface area contributed by atoms with Crippen molar-refractivity contribution in [2.24, 2.45) is 10.7 Å². The molecule has 1 unspecified atom stereocenters. The molecule has 2 aliphatic rings. The van der Waals surface area contributed by atoms with E-state index in [1.54, 1.807) is 4.90 Å². The molecular formula is C17H33IN4O3. The van der Waals surface area contributed by atoms with Gasteiger partial charge in [-0.25, -0.2) is 4.79 Å². The molecule has 0 aromatic heterocycles. The molecule has 1 amide bonds. The highest BCUT2D eigenvalue weighted by molar-refractivity contribution is 14.0. The molecule has 7 nitrogen and oxygen atoms in total. The first-order valence-electron chi connectivity index (χ1n) is 8.99. The van der Waals surface area contributed by atoms with Gasteiger partial charge in [-0.2, -0.15) is 0 Å². The highest BCUT2D eigenvalue weighted by atomic mass is 127. The van der Waals surface area contributed by atoms with E-state index >= 15 is 0 Å². The summed E-state index contributed by atoms with van der Waals surface area (Å²) in [6.45, 7) is 9.79. The number of hydrogen-bond acceptors (Lipinski definition) is 4. The first-order valence-corrected chi connectivity index (χ1v) is 8.99. The van der Waals surface area contributed by atoms with E-state index in [2.05, 4.69) is 4.99 Å². The zero-order valence-electron chi connectivity index (χ0n) is 15.7. The second-order valence-electron chi connectivity index (χ2n) is 7.47. The van der Waals surface area contributed by atoms with Crippen molar-refractivity contribution in [3.05, 3.63) is 0 Å². The molecule has 25 heavy (non-hydrogen) atoms. The van der Waals surface area contributed by atoms with Crippen molar-refractivity contribution in [1.82, 2.24) is 9.80 Å². The monoisotopic (exact) mass is 468 g/mol. The Balaban J connectivity index is 0.00000312. The number of guanidine groups is 1. The smallest absolute Gasteiger partial charge is 0.410 e. The molecular weight excluding hydrogens is 435 g/mol. The SMILES string of the molecule is CC(C)(C)OC(=O)N1CCN(C(N)=NCCC2CCCCO2)CC1.I. The summed E-state index contributed by atoms with van der Waals surface area (Å²) in [7, 11) is 0. The van der Waals surface area contributed by atoms with Gasteiger partial charge in [-0.05, 0) is 46.5 Å². The van der Waals surface area contributed by atoms with Crippen molar-refractivity contribution < 1.29 is 14.3 Å². The van der Waals surface area contributed by atoms with E-state index in [0.29, 0.717) is 44.8 Å². The molecule has 2 N–H and O–H groups in total. The number of aliphatic imine (C=N–C) groups is 1. The summed E-state index contributed by atoms with van der Waals surface area (Å²) in [6.07, 6.45) is 4.55.